The largest absolute Gasteiger partial charge is 0.365 e. The molecule has 154 valence electrons. The lowest BCUT2D eigenvalue weighted by atomic mass is 9.50. The normalized spacial score (nSPS) is 37.5. The van der Waals surface area contributed by atoms with E-state index >= 15 is 0 Å². The first kappa shape index (κ1) is 18.8. The van der Waals surface area contributed by atoms with Crippen LogP contribution in [0.15, 0.2) is 18.3 Å². The van der Waals surface area contributed by atoms with Crippen LogP contribution in [0.1, 0.15) is 56.9 Å². The van der Waals surface area contributed by atoms with Crippen LogP contribution in [0.25, 0.3) is 0 Å². The summed E-state index contributed by atoms with van der Waals surface area (Å²) < 4.78 is 0. The highest BCUT2D eigenvalue weighted by atomic mass is 16.2. The molecule has 4 N–H and O–H groups in total. The lowest BCUT2D eigenvalue weighted by Gasteiger charge is -2.62. The van der Waals surface area contributed by atoms with E-state index < -0.39 is 0 Å². The van der Waals surface area contributed by atoms with Crippen molar-refractivity contribution in [2.75, 3.05) is 18.4 Å². The number of amides is 1. The molecule has 0 radical (unpaired) electrons. The fourth-order valence-electron chi connectivity index (χ4n) is 6.89. The van der Waals surface area contributed by atoms with E-state index in [9.17, 15) is 4.79 Å². The van der Waals surface area contributed by atoms with Crippen molar-refractivity contribution in [3.8, 4) is 6.07 Å². The Labute approximate surface area is 172 Å². The summed E-state index contributed by atoms with van der Waals surface area (Å²) in [4.78, 5) is 19.0. The lowest BCUT2D eigenvalue weighted by Crippen LogP contribution is -2.67. The van der Waals surface area contributed by atoms with Crippen molar-refractivity contribution in [2.45, 2.75) is 68.6 Å². The number of nitriles is 1. The molecule has 1 aromatic heterocycles. The van der Waals surface area contributed by atoms with Crippen LogP contribution in [-0.4, -0.2) is 46.1 Å². The van der Waals surface area contributed by atoms with Crippen molar-refractivity contribution in [1.29, 1.82) is 5.26 Å². The maximum absolute atomic E-state index is 12.7. The molecule has 7 heteroatoms. The number of hydrogen-bond acceptors (Lipinski definition) is 6. The van der Waals surface area contributed by atoms with Crippen molar-refractivity contribution in [1.82, 2.24) is 15.2 Å². The van der Waals surface area contributed by atoms with Gasteiger partial charge in [-0.1, -0.05) is 0 Å². The molecule has 5 aliphatic rings. The molecule has 29 heavy (non-hydrogen) atoms. The number of nitrogens with one attached hydrogen (secondary N) is 2. The van der Waals surface area contributed by atoms with Crippen LogP contribution in [0.4, 0.5) is 5.82 Å². The Balaban J connectivity index is 1.30. The van der Waals surface area contributed by atoms with Gasteiger partial charge in [0, 0.05) is 23.8 Å². The number of nitrogens with zero attached hydrogens (tertiary/aromatic N) is 3. The van der Waals surface area contributed by atoms with Crippen molar-refractivity contribution in [3.63, 3.8) is 0 Å². The number of carbonyl (C=O) groups is 1. The fraction of sp³-hybridized carbons (Fsp3) is 0.682. The maximum Gasteiger partial charge on any atom is 0.237 e. The summed E-state index contributed by atoms with van der Waals surface area (Å²) in [5.74, 6) is 2.37. The number of hydrogen-bond donors (Lipinski definition) is 3. The summed E-state index contributed by atoms with van der Waals surface area (Å²) in [7, 11) is 0. The molecular weight excluding hydrogens is 364 g/mol. The van der Waals surface area contributed by atoms with Crippen LogP contribution >= 0.6 is 0 Å². The Morgan fingerprint density at radius 3 is 2.66 bits per heavy atom. The molecule has 0 aromatic carbocycles. The lowest BCUT2D eigenvalue weighted by molar-refractivity contribution is -0.132. The Kier molecular flexibility index (Phi) is 4.52. The standard InChI is InChI=1S/C22H30N6O/c23-11-15-3-4-19(25-12-15)27-22-9-16-6-17(10-22)8-21(7-16,14-22)26-13-20(29)28-5-1-2-18(28)24/h3-4,12,16-18,26H,1-2,5-10,13-14,24H2,(H,25,27)/t16?,17?,18-,21?,22?/m0/s1. The third-order valence-electron chi connectivity index (χ3n) is 7.58. The topological polar surface area (TPSA) is 107 Å². The molecule has 2 unspecified atom stereocenters. The number of nitrogens with two attached hydrogens (primary N) is 1. The van der Waals surface area contributed by atoms with E-state index in [0.29, 0.717) is 23.9 Å². The predicted octanol–water partition coefficient (Wildman–Crippen LogP) is 1.95. The van der Waals surface area contributed by atoms with Gasteiger partial charge in [-0.15, -0.1) is 0 Å². The molecular formula is C22H30N6O. The van der Waals surface area contributed by atoms with Gasteiger partial charge in [0.05, 0.1) is 18.3 Å². The molecule has 0 spiro atoms. The minimum Gasteiger partial charge on any atom is -0.365 e. The zero-order valence-electron chi connectivity index (χ0n) is 16.9. The maximum atomic E-state index is 12.7. The highest BCUT2D eigenvalue weighted by Gasteiger charge is 2.57. The van der Waals surface area contributed by atoms with Crippen molar-refractivity contribution in [2.24, 2.45) is 17.6 Å². The monoisotopic (exact) mass is 394 g/mol. The van der Waals surface area contributed by atoms with E-state index in [0.717, 1.165) is 44.5 Å². The first-order valence-electron chi connectivity index (χ1n) is 10.9. The summed E-state index contributed by atoms with van der Waals surface area (Å²) in [5, 5.41) is 16.4. The zero-order valence-corrected chi connectivity index (χ0v) is 16.9. The summed E-state index contributed by atoms with van der Waals surface area (Å²) in [6, 6.07) is 5.86. The molecule has 5 fully saturated rings. The van der Waals surface area contributed by atoms with Gasteiger partial charge in [-0.2, -0.15) is 5.26 Å². The number of likely N-dealkylation sites (tertiary alicyclic amines) is 1. The van der Waals surface area contributed by atoms with E-state index in [1.807, 2.05) is 17.0 Å². The van der Waals surface area contributed by atoms with Gasteiger partial charge in [-0.3, -0.25) is 4.79 Å². The summed E-state index contributed by atoms with van der Waals surface area (Å²) in [6.07, 6.45) is 10.4. The molecule has 2 heterocycles. The summed E-state index contributed by atoms with van der Waals surface area (Å²) in [6.45, 7) is 1.17. The van der Waals surface area contributed by atoms with Gasteiger partial charge in [0.25, 0.3) is 0 Å². The third-order valence-corrected chi connectivity index (χ3v) is 7.58. The predicted molar refractivity (Wildman–Crippen MR) is 110 cm³/mol. The van der Waals surface area contributed by atoms with Gasteiger partial charge in [0.1, 0.15) is 11.9 Å². The van der Waals surface area contributed by atoms with Gasteiger partial charge >= 0.3 is 0 Å². The first-order chi connectivity index (χ1) is 14.0. The van der Waals surface area contributed by atoms with Gasteiger partial charge in [-0.25, -0.2) is 4.98 Å². The Morgan fingerprint density at radius 1 is 1.28 bits per heavy atom. The Hall–Kier alpha value is -2.17. The minimum absolute atomic E-state index is 0.0309. The average Bonchev–Trinajstić information content (AvgIpc) is 3.11. The van der Waals surface area contributed by atoms with Crippen molar-refractivity contribution >= 4 is 11.7 Å². The molecule has 7 nitrogen and oxygen atoms in total. The minimum atomic E-state index is -0.115. The number of rotatable bonds is 5. The van der Waals surface area contributed by atoms with Gasteiger partial charge in [0.15, 0.2) is 0 Å². The number of carbonyl (C=O) groups excluding carboxylic acids is 1. The second-order valence-electron chi connectivity index (χ2n) is 9.84. The van der Waals surface area contributed by atoms with Gasteiger partial charge in [0.2, 0.25) is 5.91 Å². The summed E-state index contributed by atoms with van der Waals surface area (Å²) >= 11 is 0. The van der Waals surface area contributed by atoms with Crippen LogP contribution in [0.5, 0.6) is 0 Å². The second kappa shape index (κ2) is 6.96. The third kappa shape index (κ3) is 3.49. The molecule has 4 saturated carbocycles. The van der Waals surface area contributed by atoms with E-state index in [1.54, 1.807) is 6.20 Å². The van der Waals surface area contributed by atoms with E-state index in [4.69, 9.17) is 11.0 Å². The number of anilines is 1. The van der Waals surface area contributed by atoms with Gasteiger partial charge in [-0.05, 0) is 75.3 Å². The average molecular weight is 395 g/mol. The van der Waals surface area contributed by atoms with E-state index in [1.165, 1.54) is 19.3 Å². The summed E-state index contributed by atoms with van der Waals surface area (Å²) in [5.41, 5.74) is 6.73. The first-order valence-corrected chi connectivity index (χ1v) is 10.9. The molecule has 1 amide bonds. The molecule has 4 aliphatic carbocycles. The second-order valence-corrected chi connectivity index (χ2v) is 9.84. The molecule has 6 rings (SSSR count). The SMILES string of the molecule is N#Cc1ccc(NC23CC4CC(CC(NCC(=O)N5CCC[C@H]5N)(C4)C2)C3)nc1. The van der Waals surface area contributed by atoms with Crippen molar-refractivity contribution in [3.05, 3.63) is 23.9 Å². The van der Waals surface area contributed by atoms with Crippen molar-refractivity contribution < 1.29 is 4.79 Å². The van der Waals surface area contributed by atoms with Crippen LogP contribution in [0.2, 0.25) is 0 Å². The Bertz CT molecular complexity index is 817. The molecule has 1 aromatic rings. The van der Waals surface area contributed by atoms with Gasteiger partial charge < -0.3 is 21.3 Å². The van der Waals surface area contributed by atoms with Crippen LogP contribution < -0.4 is 16.4 Å². The molecule has 3 atom stereocenters. The van der Waals surface area contributed by atoms with E-state index in [2.05, 4.69) is 21.7 Å². The smallest absolute Gasteiger partial charge is 0.237 e. The highest BCUT2D eigenvalue weighted by Crippen LogP contribution is 2.58. The highest BCUT2D eigenvalue weighted by molar-refractivity contribution is 5.79. The molecule has 1 saturated heterocycles. The molecule has 1 aliphatic heterocycles. The number of aromatic nitrogens is 1. The number of pyridine rings is 1. The quantitative estimate of drug-likeness (QED) is 0.705. The van der Waals surface area contributed by atoms with Crippen LogP contribution in [-0.2, 0) is 4.79 Å². The fourth-order valence-corrected chi connectivity index (χ4v) is 6.89. The van der Waals surface area contributed by atoms with Crippen LogP contribution in [0.3, 0.4) is 0 Å². The zero-order chi connectivity index (χ0) is 20.1. The molecule has 4 bridgehead atoms. The van der Waals surface area contributed by atoms with E-state index in [-0.39, 0.29) is 23.2 Å². The van der Waals surface area contributed by atoms with Crippen LogP contribution in [0, 0.1) is 23.2 Å². The Morgan fingerprint density at radius 2 is 2.03 bits per heavy atom.